The van der Waals surface area contributed by atoms with E-state index in [0.717, 1.165) is 18.9 Å². The molecule has 2 amide bonds. The van der Waals surface area contributed by atoms with Crippen LogP contribution in [0.4, 0.5) is 11.5 Å². The summed E-state index contributed by atoms with van der Waals surface area (Å²) in [5, 5.41) is 11.3. The number of rotatable bonds is 4. The minimum Gasteiger partial charge on any atom is -0.357 e. The molecule has 3 heterocycles. The summed E-state index contributed by atoms with van der Waals surface area (Å²) in [6, 6.07) is 5.78. The molecular formula is C18H24N6O2. The zero-order valence-electron chi connectivity index (χ0n) is 14.9. The molecule has 2 aliphatic heterocycles. The van der Waals surface area contributed by atoms with Crippen molar-refractivity contribution in [2.24, 2.45) is 0 Å². The number of nitrogens with one attached hydrogen (secondary N) is 1. The molecule has 138 valence electrons. The van der Waals surface area contributed by atoms with Gasteiger partial charge < -0.3 is 15.1 Å². The zero-order valence-corrected chi connectivity index (χ0v) is 14.9. The Labute approximate surface area is 153 Å². The summed E-state index contributed by atoms with van der Waals surface area (Å²) in [5.41, 5.74) is 0.527. The Bertz CT molecular complexity index is 670. The van der Waals surface area contributed by atoms with Gasteiger partial charge in [0.15, 0.2) is 0 Å². The van der Waals surface area contributed by atoms with E-state index in [1.807, 2.05) is 6.07 Å². The van der Waals surface area contributed by atoms with Crippen LogP contribution in [-0.2, 0) is 9.59 Å². The molecule has 0 bridgehead atoms. The molecule has 1 N–H and O–H groups in total. The first-order valence-corrected chi connectivity index (χ1v) is 9.08. The van der Waals surface area contributed by atoms with E-state index in [-0.39, 0.29) is 0 Å². The summed E-state index contributed by atoms with van der Waals surface area (Å²) in [5.74, 6) is -0.250. The summed E-state index contributed by atoms with van der Waals surface area (Å²) >= 11 is 0. The Balaban J connectivity index is 1.48. The van der Waals surface area contributed by atoms with Crippen LogP contribution in [0.25, 0.3) is 0 Å². The Hall–Kier alpha value is -2.66. The molecule has 26 heavy (non-hydrogen) atoms. The second kappa shape index (κ2) is 8.63. The van der Waals surface area contributed by atoms with Crippen LogP contribution in [0.1, 0.15) is 19.3 Å². The third-order valence-electron chi connectivity index (χ3n) is 4.83. The lowest BCUT2D eigenvalue weighted by atomic mass is 10.3. The number of piperazine rings is 1. The van der Waals surface area contributed by atoms with E-state index in [0.29, 0.717) is 44.8 Å². The van der Waals surface area contributed by atoms with Gasteiger partial charge in [-0.15, -0.1) is 0 Å². The van der Waals surface area contributed by atoms with Gasteiger partial charge in [-0.2, -0.15) is 5.26 Å². The molecule has 8 nitrogen and oxygen atoms in total. The van der Waals surface area contributed by atoms with Crippen molar-refractivity contribution in [1.29, 1.82) is 5.26 Å². The lowest BCUT2D eigenvalue weighted by molar-refractivity contribution is -0.144. The number of pyridine rings is 1. The van der Waals surface area contributed by atoms with Gasteiger partial charge in [0.25, 0.3) is 0 Å². The first kappa shape index (κ1) is 18.1. The normalized spacial score (nSPS) is 17.8. The molecule has 2 saturated heterocycles. The number of amides is 2. The van der Waals surface area contributed by atoms with Crippen molar-refractivity contribution in [3.05, 3.63) is 18.3 Å². The minimum atomic E-state index is -0.633. The average molecular weight is 356 g/mol. The van der Waals surface area contributed by atoms with Crippen LogP contribution in [-0.4, -0.2) is 72.4 Å². The Morgan fingerprint density at radius 3 is 2.46 bits per heavy atom. The summed E-state index contributed by atoms with van der Waals surface area (Å²) < 4.78 is 0. The molecule has 0 spiro atoms. The highest BCUT2D eigenvalue weighted by atomic mass is 16.2. The van der Waals surface area contributed by atoms with E-state index in [1.54, 1.807) is 17.2 Å². The van der Waals surface area contributed by atoms with E-state index in [4.69, 9.17) is 5.26 Å². The molecule has 0 radical (unpaired) electrons. The van der Waals surface area contributed by atoms with Crippen LogP contribution in [0.15, 0.2) is 18.3 Å². The number of nitriles is 1. The van der Waals surface area contributed by atoms with Crippen molar-refractivity contribution >= 4 is 23.3 Å². The molecule has 8 heteroatoms. The molecule has 2 fully saturated rings. The molecule has 0 unspecified atom stereocenters. The number of hydrogen-bond donors (Lipinski definition) is 1. The predicted octanol–water partition coefficient (Wildman–Crippen LogP) is 0.678. The number of carbonyl (C=O) groups excluding carboxylic acids is 2. The lowest BCUT2D eigenvalue weighted by Crippen LogP contribution is -2.51. The highest BCUT2D eigenvalue weighted by molar-refractivity contribution is 6.39. The molecule has 0 saturated carbocycles. The Morgan fingerprint density at radius 1 is 1.12 bits per heavy atom. The number of aromatic nitrogens is 1. The van der Waals surface area contributed by atoms with Crippen molar-refractivity contribution in [2.45, 2.75) is 19.3 Å². The SMILES string of the molecule is N#CCCN1CCN(C(=O)C(=O)Nc2ccc(N3CCCC3)nc2)CC1. The molecule has 1 aromatic rings. The number of nitrogens with zero attached hydrogens (tertiary/aromatic N) is 5. The van der Waals surface area contributed by atoms with Gasteiger partial charge in [0.05, 0.1) is 18.0 Å². The molecule has 1 aromatic heterocycles. The highest BCUT2D eigenvalue weighted by Gasteiger charge is 2.26. The van der Waals surface area contributed by atoms with E-state index >= 15 is 0 Å². The van der Waals surface area contributed by atoms with Gasteiger partial charge in [0.2, 0.25) is 0 Å². The van der Waals surface area contributed by atoms with Crippen molar-refractivity contribution in [2.75, 3.05) is 56.0 Å². The highest BCUT2D eigenvalue weighted by Crippen LogP contribution is 2.19. The van der Waals surface area contributed by atoms with Gasteiger partial charge in [-0.3, -0.25) is 14.5 Å². The van der Waals surface area contributed by atoms with Gasteiger partial charge >= 0.3 is 11.8 Å². The molecule has 2 aliphatic rings. The fraction of sp³-hybridized carbons (Fsp3) is 0.556. The van der Waals surface area contributed by atoms with Crippen LogP contribution in [0, 0.1) is 11.3 Å². The fourth-order valence-corrected chi connectivity index (χ4v) is 3.30. The predicted molar refractivity (Wildman–Crippen MR) is 97.6 cm³/mol. The molecular weight excluding hydrogens is 332 g/mol. The van der Waals surface area contributed by atoms with Crippen molar-refractivity contribution < 1.29 is 9.59 Å². The molecule has 0 atom stereocenters. The van der Waals surface area contributed by atoms with E-state index in [9.17, 15) is 9.59 Å². The topological polar surface area (TPSA) is 92.6 Å². The maximum absolute atomic E-state index is 12.3. The minimum absolute atomic E-state index is 0.481. The van der Waals surface area contributed by atoms with Crippen LogP contribution in [0.3, 0.4) is 0 Å². The second-order valence-electron chi connectivity index (χ2n) is 6.60. The Kier molecular flexibility index (Phi) is 6.02. The van der Waals surface area contributed by atoms with Gasteiger partial charge in [0, 0.05) is 52.2 Å². The number of carbonyl (C=O) groups is 2. The first-order valence-electron chi connectivity index (χ1n) is 9.08. The molecule has 3 rings (SSSR count). The third kappa shape index (κ3) is 4.49. The lowest BCUT2D eigenvalue weighted by Gasteiger charge is -2.33. The summed E-state index contributed by atoms with van der Waals surface area (Å²) in [6.45, 7) is 5.11. The Morgan fingerprint density at radius 2 is 1.85 bits per heavy atom. The molecule has 0 aliphatic carbocycles. The van der Waals surface area contributed by atoms with E-state index in [2.05, 4.69) is 26.2 Å². The zero-order chi connectivity index (χ0) is 18.4. The average Bonchev–Trinajstić information content (AvgIpc) is 3.21. The maximum atomic E-state index is 12.3. The summed E-state index contributed by atoms with van der Waals surface area (Å²) in [7, 11) is 0. The largest absolute Gasteiger partial charge is 0.357 e. The van der Waals surface area contributed by atoms with Gasteiger partial charge in [-0.05, 0) is 25.0 Å². The first-order chi connectivity index (χ1) is 12.7. The van der Waals surface area contributed by atoms with Crippen molar-refractivity contribution in [3.8, 4) is 6.07 Å². The van der Waals surface area contributed by atoms with Crippen LogP contribution in [0.5, 0.6) is 0 Å². The number of hydrogen-bond acceptors (Lipinski definition) is 6. The molecule has 0 aromatic carbocycles. The maximum Gasteiger partial charge on any atom is 0.313 e. The van der Waals surface area contributed by atoms with E-state index < -0.39 is 11.8 Å². The smallest absolute Gasteiger partial charge is 0.313 e. The van der Waals surface area contributed by atoms with Crippen molar-refractivity contribution in [3.63, 3.8) is 0 Å². The van der Waals surface area contributed by atoms with Crippen LogP contribution in [0.2, 0.25) is 0 Å². The number of anilines is 2. The van der Waals surface area contributed by atoms with Crippen LogP contribution >= 0.6 is 0 Å². The van der Waals surface area contributed by atoms with Crippen molar-refractivity contribution in [1.82, 2.24) is 14.8 Å². The summed E-state index contributed by atoms with van der Waals surface area (Å²) in [4.78, 5) is 34.8. The third-order valence-corrected chi connectivity index (χ3v) is 4.83. The fourth-order valence-electron chi connectivity index (χ4n) is 3.30. The van der Waals surface area contributed by atoms with Gasteiger partial charge in [0.1, 0.15) is 5.82 Å². The summed E-state index contributed by atoms with van der Waals surface area (Å²) in [6.07, 6.45) is 4.43. The van der Waals surface area contributed by atoms with E-state index in [1.165, 1.54) is 12.8 Å². The quantitative estimate of drug-likeness (QED) is 0.798. The van der Waals surface area contributed by atoms with Crippen LogP contribution < -0.4 is 10.2 Å². The van der Waals surface area contributed by atoms with Gasteiger partial charge in [-0.1, -0.05) is 0 Å². The second-order valence-corrected chi connectivity index (χ2v) is 6.60. The monoisotopic (exact) mass is 356 g/mol. The van der Waals surface area contributed by atoms with Gasteiger partial charge in [-0.25, -0.2) is 4.98 Å². The standard InChI is InChI=1S/C18H24N6O2/c19-6-3-7-22-10-12-24(13-11-22)18(26)17(25)21-15-4-5-16(20-14-15)23-8-1-2-9-23/h4-5,14H,1-3,7-13H2,(H,21,25).